The number of hydrogen-bond donors (Lipinski definition) is 1. The minimum atomic E-state index is -0.398. The number of rotatable bonds is 7. The van der Waals surface area contributed by atoms with Crippen LogP contribution in [-0.2, 0) is 5.41 Å². The molecule has 2 heterocycles. The first-order valence-corrected chi connectivity index (χ1v) is 15.1. The lowest BCUT2D eigenvalue weighted by atomic mass is 9.92. The average molecular weight is 639 g/mol. The van der Waals surface area contributed by atoms with Crippen LogP contribution in [0.4, 0.5) is 0 Å². The maximum absolute atomic E-state index is 14.0. The molecule has 0 radical (unpaired) electrons. The molecule has 0 spiro atoms. The predicted molar refractivity (Wildman–Crippen MR) is 164 cm³/mol. The van der Waals surface area contributed by atoms with Crippen molar-refractivity contribution in [2.75, 3.05) is 0 Å². The summed E-state index contributed by atoms with van der Waals surface area (Å²) in [6.07, 6.45) is 4.62. The van der Waals surface area contributed by atoms with Gasteiger partial charge in [-0.05, 0) is 80.1 Å². The van der Waals surface area contributed by atoms with E-state index in [1.807, 2.05) is 36.4 Å². The van der Waals surface area contributed by atoms with Crippen LogP contribution in [0, 0.1) is 0 Å². The average Bonchev–Trinajstić information content (AvgIpc) is 3.43. The topological polar surface area (TPSA) is 85.8 Å². The summed E-state index contributed by atoms with van der Waals surface area (Å²) in [5.74, 6) is 0.329. The lowest BCUT2D eigenvalue weighted by Crippen LogP contribution is -2.39. The first-order valence-electron chi connectivity index (χ1n) is 13.6. The molecule has 42 heavy (non-hydrogen) atoms. The highest BCUT2D eigenvalue weighted by molar-refractivity contribution is 6.35. The highest BCUT2D eigenvalue weighted by Crippen LogP contribution is 2.53. The van der Waals surface area contributed by atoms with Crippen molar-refractivity contribution in [3.05, 3.63) is 104 Å². The lowest BCUT2D eigenvalue weighted by molar-refractivity contribution is 0.0918. The van der Waals surface area contributed by atoms with Crippen LogP contribution >= 0.6 is 46.4 Å². The van der Waals surface area contributed by atoms with E-state index in [1.165, 1.54) is 0 Å². The Balaban J connectivity index is 1.42. The van der Waals surface area contributed by atoms with E-state index in [-0.39, 0.29) is 23.5 Å². The van der Waals surface area contributed by atoms with Crippen molar-refractivity contribution < 1.29 is 9.21 Å². The molecule has 3 aromatic carbocycles. The second-order valence-electron chi connectivity index (χ2n) is 10.7. The summed E-state index contributed by atoms with van der Waals surface area (Å²) in [6, 6.07) is 20.1. The molecule has 212 valence electrons. The second-order valence-corrected chi connectivity index (χ2v) is 12.4. The van der Waals surface area contributed by atoms with E-state index in [0.717, 1.165) is 37.7 Å². The van der Waals surface area contributed by atoms with Gasteiger partial charge < -0.3 is 9.73 Å². The Labute approximate surface area is 261 Å². The Kier molecular flexibility index (Phi) is 7.02. The van der Waals surface area contributed by atoms with Crippen LogP contribution in [0.5, 0.6) is 0 Å². The zero-order chi connectivity index (χ0) is 29.0. The number of nitrogens with zero attached hydrogens (tertiary/aromatic N) is 4. The molecule has 5 aromatic rings. The van der Waals surface area contributed by atoms with Gasteiger partial charge in [0, 0.05) is 26.7 Å². The van der Waals surface area contributed by atoms with Gasteiger partial charge in [0.2, 0.25) is 5.89 Å². The molecular weight excluding hydrogens is 616 g/mol. The first-order chi connectivity index (χ1) is 20.3. The molecule has 0 unspecified atom stereocenters. The van der Waals surface area contributed by atoms with Gasteiger partial charge >= 0.3 is 0 Å². The van der Waals surface area contributed by atoms with Gasteiger partial charge in [0.05, 0.1) is 27.4 Å². The second kappa shape index (κ2) is 10.7. The fraction of sp³-hybridized carbons (Fsp3) is 0.226. The van der Waals surface area contributed by atoms with Crippen molar-refractivity contribution in [3.63, 3.8) is 0 Å². The van der Waals surface area contributed by atoms with Crippen LogP contribution in [0.2, 0.25) is 20.1 Å². The molecule has 2 saturated carbocycles. The van der Waals surface area contributed by atoms with Crippen molar-refractivity contribution in [3.8, 4) is 28.5 Å². The molecule has 0 bridgehead atoms. The minimum Gasteiger partial charge on any atom is -0.418 e. The highest BCUT2D eigenvalue weighted by Gasteiger charge is 2.51. The smallest absolute Gasteiger partial charge is 0.269 e. The Hall–Kier alpha value is -3.36. The molecule has 0 aliphatic heterocycles. The van der Waals surface area contributed by atoms with Gasteiger partial charge in [0.25, 0.3) is 11.8 Å². The van der Waals surface area contributed by atoms with Crippen LogP contribution in [0.15, 0.2) is 71.1 Å². The highest BCUT2D eigenvalue weighted by atomic mass is 35.5. The predicted octanol–water partition coefficient (Wildman–Crippen LogP) is 8.57. The molecule has 11 heteroatoms. The summed E-state index contributed by atoms with van der Waals surface area (Å²) in [7, 11) is 0. The quantitative estimate of drug-likeness (QED) is 0.193. The first kappa shape index (κ1) is 27.5. The van der Waals surface area contributed by atoms with Crippen LogP contribution in [0.25, 0.3) is 28.5 Å². The molecule has 1 amide bonds. The molecule has 2 aromatic heterocycles. The molecule has 1 N–H and O–H groups in total. The van der Waals surface area contributed by atoms with Gasteiger partial charge in [-0.1, -0.05) is 70.7 Å². The molecule has 0 atom stereocenters. The summed E-state index contributed by atoms with van der Waals surface area (Å²) < 4.78 is 7.97. The number of benzene rings is 3. The Bertz CT molecular complexity index is 1810. The van der Waals surface area contributed by atoms with E-state index in [4.69, 9.17) is 55.9 Å². The maximum atomic E-state index is 14.0. The normalized spacial score (nSPS) is 15.8. The monoisotopic (exact) mass is 637 g/mol. The van der Waals surface area contributed by atoms with E-state index in [1.54, 1.807) is 35.0 Å². The number of aromatic nitrogens is 4. The standard InChI is InChI=1S/C31H23Cl4N5O2/c32-19-8-4-17(5-9-19)27-25(28(41)36-22-2-1-3-22)26(39-40(27)24-13-12-21(34)16-23(24)35)29-37-38-30(42-29)31(14-15-31)18-6-10-20(33)11-7-18/h4-13,16,22H,1-3,14-15H2,(H,36,41). The van der Waals surface area contributed by atoms with Crippen LogP contribution in [0.3, 0.4) is 0 Å². The van der Waals surface area contributed by atoms with Gasteiger partial charge in [-0.15, -0.1) is 10.2 Å². The fourth-order valence-corrected chi connectivity index (χ4v) is 6.07. The molecular formula is C31H23Cl4N5O2. The van der Waals surface area contributed by atoms with Crippen LogP contribution < -0.4 is 5.32 Å². The third kappa shape index (κ3) is 4.88. The molecule has 7 rings (SSSR count). The molecule has 2 aliphatic rings. The number of carbonyl (C=O) groups excluding carboxylic acids is 1. The van der Waals surface area contributed by atoms with E-state index < -0.39 is 5.41 Å². The molecule has 2 aliphatic carbocycles. The minimum absolute atomic E-state index is 0.0868. The van der Waals surface area contributed by atoms with Gasteiger partial charge in [-0.2, -0.15) is 5.10 Å². The number of carbonyl (C=O) groups is 1. The third-order valence-corrected chi connectivity index (χ3v) is 9.03. The third-order valence-electron chi connectivity index (χ3n) is 7.99. The zero-order valence-corrected chi connectivity index (χ0v) is 25.1. The SMILES string of the molecule is O=C(NC1CCC1)c1c(-c2nnc(C3(c4ccc(Cl)cc4)CC3)o2)nn(-c2ccc(Cl)cc2Cl)c1-c1ccc(Cl)cc1. The molecule has 0 saturated heterocycles. The van der Waals surface area contributed by atoms with Crippen LogP contribution in [0.1, 0.15) is 53.9 Å². The van der Waals surface area contributed by atoms with E-state index in [0.29, 0.717) is 48.5 Å². The van der Waals surface area contributed by atoms with Gasteiger partial charge in [0.1, 0.15) is 0 Å². The molecule has 7 nitrogen and oxygen atoms in total. The maximum Gasteiger partial charge on any atom is 0.269 e. The van der Waals surface area contributed by atoms with Crippen molar-refractivity contribution in [1.82, 2.24) is 25.3 Å². The van der Waals surface area contributed by atoms with E-state index in [9.17, 15) is 4.79 Å². The van der Waals surface area contributed by atoms with Crippen molar-refractivity contribution >= 4 is 52.3 Å². The van der Waals surface area contributed by atoms with Gasteiger partial charge in [-0.25, -0.2) is 4.68 Å². The van der Waals surface area contributed by atoms with E-state index >= 15 is 0 Å². The Morgan fingerprint density at radius 2 is 1.55 bits per heavy atom. The summed E-state index contributed by atoms with van der Waals surface area (Å²) in [5, 5.41) is 19.0. The zero-order valence-electron chi connectivity index (χ0n) is 22.1. The summed E-state index contributed by atoms with van der Waals surface area (Å²) in [4.78, 5) is 14.0. The summed E-state index contributed by atoms with van der Waals surface area (Å²) >= 11 is 25.3. The fourth-order valence-electron chi connectivity index (χ4n) is 5.33. The van der Waals surface area contributed by atoms with Crippen molar-refractivity contribution in [2.24, 2.45) is 0 Å². The molecule has 2 fully saturated rings. The lowest BCUT2D eigenvalue weighted by Gasteiger charge is -2.26. The van der Waals surface area contributed by atoms with Gasteiger partial charge in [-0.3, -0.25) is 4.79 Å². The number of amides is 1. The number of hydrogen-bond acceptors (Lipinski definition) is 5. The van der Waals surface area contributed by atoms with E-state index in [2.05, 4.69) is 15.5 Å². The van der Waals surface area contributed by atoms with Crippen LogP contribution in [-0.4, -0.2) is 31.9 Å². The Morgan fingerprint density at radius 1 is 0.881 bits per heavy atom. The number of halogens is 4. The van der Waals surface area contributed by atoms with Crippen molar-refractivity contribution in [2.45, 2.75) is 43.6 Å². The van der Waals surface area contributed by atoms with Crippen molar-refractivity contribution in [1.29, 1.82) is 0 Å². The largest absolute Gasteiger partial charge is 0.418 e. The summed E-state index contributed by atoms with van der Waals surface area (Å²) in [5.41, 5.74) is 2.98. The summed E-state index contributed by atoms with van der Waals surface area (Å²) in [6.45, 7) is 0. The van der Waals surface area contributed by atoms with Gasteiger partial charge in [0.15, 0.2) is 5.69 Å². The Morgan fingerprint density at radius 3 is 2.17 bits per heavy atom. The number of nitrogens with one attached hydrogen (secondary N) is 1.